The summed E-state index contributed by atoms with van der Waals surface area (Å²) in [6.45, 7) is 1.14. The van der Waals surface area contributed by atoms with Crippen LogP contribution in [0.3, 0.4) is 0 Å². The lowest BCUT2D eigenvalue weighted by atomic mass is 9.97. The van der Waals surface area contributed by atoms with Crippen LogP contribution < -0.4 is 5.32 Å². The zero-order chi connectivity index (χ0) is 13.9. The highest BCUT2D eigenvalue weighted by Crippen LogP contribution is 2.27. The molecule has 1 amide bonds. The second kappa shape index (κ2) is 6.08. The molecule has 0 spiro atoms. The average molecular weight is 352 g/mol. The van der Waals surface area contributed by atoms with E-state index in [4.69, 9.17) is 4.74 Å². The number of rotatable bonds is 3. The summed E-state index contributed by atoms with van der Waals surface area (Å²) >= 11 is 5.03. The van der Waals surface area contributed by atoms with Crippen LogP contribution >= 0.6 is 27.3 Å². The average Bonchev–Trinajstić information content (AvgIpc) is 2.90. The molecular weight excluding hydrogens is 338 g/mol. The minimum atomic E-state index is -0.483. The Balaban J connectivity index is 1.69. The second-order valence-corrected chi connectivity index (χ2v) is 6.56. The Labute approximate surface area is 130 Å². The van der Waals surface area contributed by atoms with Gasteiger partial charge in [-0.25, -0.2) is 0 Å². The van der Waals surface area contributed by atoms with Crippen molar-refractivity contribution in [2.45, 2.75) is 19.1 Å². The van der Waals surface area contributed by atoms with Gasteiger partial charge in [0.05, 0.1) is 13.2 Å². The summed E-state index contributed by atoms with van der Waals surface area (Å²) < 4.78 is 6.69. The Morgan fingerprint density at radius 3 is 3.10 bits per heavy atom. The van der Waals surface area contributed by atoms with Gasteiger partial charge in [-0.2, -0.15) is 0 Å². The standard InChI is InChI=1S/C15H14BrNO2S/c16-11-7-12(20-9-11)8-17-15(18)14-13-4-2-1-3-10(13)5-6-19-14/h1-4,7,9,14H,5-6,8H2,(H,17,18). The van der Waals surface area contributed by atoms with Gasteiger partial charge < -0.3 is 10.1 Å². The maximum atomic E-state index is 12.3. The van der Waals surface area contributed by atoms with Crippen LogP contribution in [0.1, 0.15) is 22.1 Å². The fourth-order valence-corrected chi connectivity index (χ4v) is 3.72. The van der Waals surface area contributed by atoms with Gasteiger partial charge in [-0.05, 0) is 39.5 Å². The highest BCUT2D eigenvalue weighted by Gasteiger charge is 2.26. The number of fused-ring (bicyclic) bond motifs is 1. The molecule has 1 atom stereocenters. The molecule has 0 saturated heterocycles. The summed E-state index contributed by atoms with van der Waals surface area (Å²) in [6, 6.07) is 10.0. The van der Waals surface area contributed by atoms with E-state index in [9.17, 15) is 4.79 Å². The van der Waals surface area contributed by atoms with Crippen LogP contribution in [-0.4, -0.2) is 12.5 Å². The minimum absolute atomic E-state index is 0.0679. The van der Waals surface area contributed by atoms with E-state index < -0.39 is 6.10 Å². The Hall–Kier alpha value is -1.17. The van der Waals surface area contributed by atoms with Gasteiger partial charge in [0.1, 0.15) is 0 Å². The maximum absolute atomic E-state index is 12.3. The van der Waals surface area contributed by atoms with E-state index in [1.54, 1.807) is 11.3 Å². The van der Waals surface area contributed by atoms with Crippen LogP contribution in [0.5, 0.6) is 0 Å². The predicted octanol–water partition coefficient (Wildman–Crippen LogP) is 3.44. The number of carbonyl (C=O) groups is 1. The molecule has 1 aliphatic heterocycles. The van der Waals surface area contributed by atoms with Crippen molar-refractivity contribution in [2.24, 2.45) is 0 Å². The highest BCUT2D eigenvalue weighted by atomic mass is 79.9. The van der Waals surface area contributed by atoms with Gasteiger partial charge in [-0.3, -0.25) is 4.79 Å². The SMILES string of the molecule is O=C(NCc1cc(Br)cs1)C1OCCc2ccccc21. The molecule has 0 fully saturated rings. The lowest BCUT2D eigenvalue weighted by molar-refractivity contribution is -0.134. The molecule has 2 aromatic rings. The van der Waals surface area contributed by atoms with Gasteiger partial charge >= 0.3 is 0 Å². The van der Waals surface area contributed by atoms with Crippen molar-refractivity contribution in [3.8, 4) is 0 Å². The first-order chi connectivity index (χ1) is 9.74. The maximum Gasteiger partial charge on any atom is 0.254 e. The molecule has 3 nitrogen and oxygen atoms in total. The van der Waals surface area contributed by atoms with Gasteiger partial charge in [-0.1, -0.05) is 24.3 Å². The topological polar surface area (TPSA) is 38.3 Å². The third-order valence-corrected chi connectivity index (χ3v) is 4.99. The zero-order valence-electron chi connectivity index (χ0n) is 10.8. The number of thiophene rings is 1. The quantitative estimate of drug-likeness (QED) is 0.919. The molecule has 3 rings (SSSR count). The van der Waals surface area contributed by atoms with Crippen LogP contribution in [0.2, 0.25) is 0 Å². The van der Waals surface area contributed by atoms with E-state index in [0.29, 0.717) is 13.2 Å². The molecule has 0 aliphatic carbocycles. The van der Waals surface area contributed by atoms with Crippen molar-refractivity contribution >= 4 is 33.2 Å². The van der Waals surface area contributed by atoms with Gasteiger partial charge in [0.2, 0.25) is 0 Å². The third kappa shape index (κ3) is 2.95. The fraction of sp³-hybridized carbons (Fsp3) is 0.267. The number of benzene rings is 1. The Morgan fingerprint density at radius 2 is 2.30 bits per heavy atom. The van der Waals surface area contributed by atoms with Crippen molar-refractivity contribution in [1.82, 2.24) is 5.32 Å². The molecular formula is C15H14BrNO2S. The lowest BCUT2D eigenvalue weighted by Crippen LogP contribution is -2.33. The van der Waals surface area contributed by atoms with Crippen LogP contribution in [0.25, 0.3) is 0 Å². The number of hydrogen-bond acceptors (Lipinski definition) is 3. The highest BCUT2D eigenvalue weighted by molar-refractivity contribution is 9.10. The predicted molar refractivity (Wildman–Crippen MR) is 82.7 cm³/mol. The largest absolute Gasteiger partial charge is 0.363 e. The number of ether oxygens (including phenoxy) is 1. The van der Waals surface area contributed by atoms with Crippen molar-refractivity contribution in [1.29, 1.82) is 0 Å². The summed E-state index contributed by atoms with van der Waals surface area (Å²) in [7, 11) is 0. The zero-order valence-corrected chi connectivity index (χ0v) is 13.2. The summed E-state index contributed by atoms with van der Waals surface area (Å²) in [5.74, 6) is -0.0679. The van der Waals surface area contributed by atoms with Crippen molar-refractivity contribution in [3.05, 3.63) is 56.2 Å². The Kier molecular flexibility index (Phi) is 4.19. The molecule has 2 heterocycles. The van der Waals surface area contributed by atoms with Crippen LogP contribution in [0.15, 0.2) is 40.2 Å². The first-order valence-electron chi connectivity index (χ1n) is 6.44. The molecule has 0 saturated carbocycles. The number of carbonyl (C=O) groups excluding carboxylic acids is 1. The van der Waals surface area contributed by atoms with Crippen molar-refractivity contribution in [3.63, 3.8) is 0 Å². The molecule has 104 valence electrons. The number of halogens is 1. The second-order valence-electron chi connectivity index (χ2n) is 4.65. The molecule has 1 aromatic heterocycles. The number of hydrogen-bond donors (Lipinski definition) is 1. The first-order valence-corrected chi connectivity index (χ1v) is 8.11. The molecule has 20 heavy (non-hydrogen) atoms. The fourth-order valence-electron chi connectivity index (χ4n) is 2.32. The van der Waals surface area contributed by atoms with E-state index in [0.717, 1.165) is 21.3 Å². The molecule has 1 unspecified atom stereocenters. The van der Waals surface area contributed by atoms with Crippen molar-refractivity contribution < 1.29 is 9.53 Å². The summed E-state index contributed by atoms with van der Waals surface area (Å²) in [5, 5.41) is 4.96. The molecule has 0 bridgehead atoms. The number of amides is 1. The van der Waals surface area contributed by atoms with Crippen molar-refractivity contribution in [2.75, 3.05) is 6.61 Å². The van der Waals surface area contributed by atoms with E-state index in [2.05, 4.69) is 27.3 Å². The normalized spacial score (nSPS) is 17.6. The summed E-state index contributed by atoms with van der Waals surface area (Å²) in [5.41, 5.74) is 2.20. The van der Waals surface area contributed by atoms with E-state index in [-0.39, 0.29) is 5.91 Å². The Bertz CT molecular complexity index is 626. The van der Waals surface area contributed by atoms with Crippen LogP contribution in [0.4, 0.5) is 0 Å². The van der Waals surface area contributed by atoms with Crippen LogP contribution in [-0.2, 0) is 22.5 Å². The molecule has 5 heteroatoms. The van der Waals surface area contributed by atoms with Gasteiger partial charge in [0.25, 0.3) is 5.91 Å². The van der Waals surface area contributed by atoms with Gasteiger partial charge in [-0.15, -0.1) is 11.3 Å². The Morgan fingerprint density at radius 1 is 1.45 bits per heavy atom. The molecule has 1 N–H and O–H groups in total. The monoisotopic (exact) mass is 351 g/mol. The van der Waals surface area contributed by atoms with E-state index >= 15 is 0 Å². The molecule has 0 radical (unpaired) electrons. The minimum Gasteiger partial charge on any atom is -0.363 e. The van der Waals surface area contributed by atoms with Gasteiger partial charge in [0.15, 0.2) is 6.10 Å². The third-order valence-electron chi connectivity index (χ3n) is 3.29. The van der Waals surface area contributed by atoms with E-state index in [1.807, 2.05) is 29.6 Å². The van der Waals surface area contributed by atoms with E-state index in [1.165, 1.54) is 5.56 Å². The van der Waals surface area contributed by atoms with Gasteiger partial charge in [0, 0.05) is 14.7 Å². The summed E-state index contributed by atoms with van der Waals surface area (Å²) in [4.78, 5) is 13.4. The summed E-state index contributed by atoms with van der Waals surface area (Å²) in [6.07, 6.45) is 0.390. The van der Waals surface area contributed by atoms with Crippen LogP contribution in [0, 0.1) is 0 Å². The number of nitrogens with one attached hydrogen (secondary N) is 1. The molecule has 1 aliphatic rings. The lowest BCUT2D eigenvalue weighted by Gasteiger charge is -2.25. The molecule has 1 aromatic carbocycles. The first kappa shape index (κ1) is 13.8. The smallest absolute Gasteiger partial charge is 0.254 e.